The molecule has 0 aliphatic carbocycles. The van der Waals surface area contributed by atoms with Gasteiger partial charge in [-0.3, -0.25) is 0 Å². The zero-order chi connectivity index (χ0) is 12.3. The molecule has 0 radical (unpaired) electrons. The number of hydrogen-bond donors (Lipinski definition) is 1. The van der Waals surface area contributed by atoms with Gasteiger partial charge in [0.1, 0.15) is 0 Å². The van der Waals surface area contributed by atoms with Crippen molar-refractivity contribution in [3.63, 3.8) is 0 Å². The van der Waals surface area contributed by atoms with Crippen LogP contribution in [0.4, 0.5) is 11.6 Å². The number of aromatic nitrogens is 2. The second-order valence-electron chi connectivity index (χ2n) is 3.80. The van der Waals surface area contributed by atoms with Gasteiger partial charge < -0.3 is 10.6 Å². The standard InChI is InChI=1S/C12H13ClN4/c1-17(12-15-6-10(13)7-16-12)8-9-2-4-11(14)5-3-9/h2-7H,8,14H2,1H3. The first-order valence-electron chi connectivity index (χ1n) is 5.18. The summed E-state index contributed by atoms with van der Waals surface area (Å²) in [7, 11) is 1.93. The predicted molar refractivity (Wildman–Crippen MR) is 70.0 cm³/mol. The minimum atomic E-state index is 0.537. The third-order valence-corrected chi connectivity index (χ3v) is 2.54. The number of rotatable bonds is 3. The number of anilines is 2. The lowest BCUT2D eigenvalue weighted by Crippen LogP contribution is -2.18. The molecule has 1 aromatic carbocycles. The summed E-state index contributed by atoms with van der Waals surface area (Å²) in [6.45, 7) is 0.724. The monoisotopic (exact) mass is 248 g/mol. The molecule has 0 atom stereocenters. The van der Waals surface area contributed by atoms with Gasteiger partial charge in [0.25, 0.3) is 0 Å². The summed E-state index contributed by atoms with van der Waals surface area (Å²) in [5.74, 6) is 0.645. The molecular weight excluding hydrogens is 236 g/mol. The van der Waals surface area contributed by atoms with Crippen molar-refractivity contribution in [1.29, 1.82) is 0 Å². The van der Waals surface area contributed by atoms with Gasteiger partial charge in [0, 0.05) is 19.3 Å². The van der Waals surface area contributed by atoms with Crippen LogP contribution in [0.3, 0.4) is 0 Å². The molecule has 0 saturated carbocycles. The third-order valence-electron chi connectivity index (χ3n) is 2.35. The van der Waals surface area contributed by atoms with Crippen molar-refractivity contribution in [2.45, 2.75) is 6.54 Å². The van der Waals surface area contributed by atoms with Crippen LogP contribution in [0.15, 0.2) is 36.7 Å². The van der Waals surface area contributed by atoms with Gasteiger partial charge in [-0.05, 0) is 17.7 Å². The molecule has 2 N–H and O–H groups in total. The van der Waals surface area contributed by atoms with Crippen molar-refractivity contribution >= 4 is 23.2 Å². The van der Waals surface area contributed by atoms with Crippen LogP contribution in [-0.2, 0) is 6.54 Å². The van der Waals surface area contributed by atoms with Crippen LogP contribution in [-0.4, -0.2) is 17.0 Å². The van der Waals surface area contributed by atoms with Crippen molar-refractivity contribution in [2.75, 3.05) is 17.7 Å². The van der Waals surface area contributed by atoms with Crippen LogP contribution in [0.1, 0.15) is 5.56 Å². The van der Waals surface area contributed by atoms with Gasteiger partial charge >= 0.3 is 0 Å². The van der Waals surface area contributed by atoms with Gasteiger partial charge in [-0.15, -0.1) is 0 Å². The molecule has 1 heterocycles. The molecule has 0 amide bonds. The number of hydrogen-bond acceptors (Lipinski definition) is 4. The van der Waals surface area contributed by atoms with Crippen LogP contribution in [0.2, 0.25) is 5.02 Å². The van der Waals surface area contributed by atoms with E-state index >= 15 is 0 Å². The highest BCUT2D eigenvalue weighted by atomic mass is 35.5. The molecule has 1 aromatic heterocycles. The highest BCUT2D eigenvalue weighted by Crippen LogP contribution is 2.13. The van der Waals surface area contributed by atoms with Crippen molar-refractivity contribution in [2.24, 2.45) is 0 Å². The molecule has 0 unspecified atom stereocenters. The first kappa shape index (κ1) is 11.7. The SMILES string of the molecule is CN(Cc1ccc(N)cc1)c1ncc(Cl)cn1. The lowest BCUT2D eigenvalue weighted by atomic mass is 10.2. The number of nitrogen functional groups attached to an aromatic ring is 1. The molecule has 5 heteroatoms. The van der Waals surface area contributed by atoms with Crippen LogP contribution in [0.25, 0.3) is 0 Å². The van der Waals surface area contributed by atoms with E-state index in [2.05, 4.69) is 9.97 Å². The van der Waals surface area contributed by atoms with Crippen LogP contribution in [0.5, 0.6) is 0 Å². The average Bonchev–Trinajstić information content (AvgIpc) is 2.33. The van der Waals surface area contributed by atoms with E-state index in [4.69, 9.17) is 17.3 Å². The van der Waals surface area contributed by atoms with Gasteiger partial charge in [-0.1, -0.05) is 23.7 Å². The fraction of sp³-hybridized carbons (Fsp3) is 0.167. The van der Waals surface area contributed by atoms with E-state index in [1.807, 2.05) is 36.2 Å². The first-order valence-corrected chi connectivity index (χ1v) is 5.56. The maximum atomic E-state index is 5.74. The molecule has 17 heavy (non-hydrogen) atoms. The smallest absolute Gasteiger partial charge is 0.225 e. The third kappa shape index (κ3) is 3.07. The Morgan fingerprint density at radius 1 is 1.18 bits per heavy atom. The normalized spacial score (nSPS) is 10.2. The van der Waals surface area contributed by atoms with E-state index < -0.39 is 0 Å². The summed E-state index contributed by atoms with van der Waals surface area (Å²) >= 11 is 5.74. The highest BCUT2D eigenvalue weighted by Gasteiger charge is 2.04. The maximum Gasteiger partial charge on any atom is 0.225 e. The Hall–Kier alpha value is -1.81. The molecule has 88 valence electrons. The Morgan fingerprint density at radius 3 is 2.35 bits per heavy atom. The van der Waals surface area contributed by atoms with E-state index in [1.54, 1.807) is 12.4 Å². The van der Waals surface area contributed by atoms with Crippen molar-refractivity contribution < 1.29 is 0 Å². The molecule has 0 fully saturated rings. The second-order valence-corrected chi connectivity index (χ2v) is 4.24. The molecule has 2 rings (SSSR count). The van der Waals surface area contributed by atoms with Crippen molar-refractivity contribution in [3.05, 3.63) is 47.2 Å². The fourth-order valence-corrected chi connectivity index (χ4v) is 1.57. The molecule has 0 bridgehead atoms. The van der Waals surface area contributed by atoms with Crippen LogP contribution < -0.4 is 10.6 Å². The van der Waals surface area contributed by atoms with E-state index in [-0.39, 0.29) is 0 Å². The topological polar surface area (TPSA) is 55.0 Å². The minimum Gasteiger partial charge on any atom is -0.399 e. The Morgan fingerprint density at radius 2 is 1.76 bits per heavy atom. The summed E-state index contributed by atoms with van der Waals surface area (Å²) in [6, 6.07) is 7.74. The van der Waals surface area contributed by atoms with Gasteiger partial charge in [-0.2, -0.15) is 0 Å². The summed E-state index contributed by atoms with van der Waals surface area (Å²) in [4.78, 5) is 10.2. The molecule has 0 saturated heterocycles. The second kappa shape index (κ2) is 5.01. The fourth-order valence-electron chi connectivity index (χ4n) is 1.47. The molecule has 4 nitrogen and oxygen atoms in total. The van der Waals surface area contributed by atoms with Crippen LogP contribution in [0, 0.1) is 0 Å². The van der Waals surface area contributed by atoms with E-state index in [9.17, 15) is 0 Å². The van der Waals surface area contributed by atoms with E-state index in [1.165, 1.54) is 0 Å². The zero-order valence-electron chi connectivity index (χ0n) is 9.47. The van der Waals surface area contributed by atoms with Crippen LogP contribution >= 0.6 is 11.6 Å². The predicted octanol–water partition coefficient (Wildman–Crippen LogP) is 2.35. The maximum absolute atomic E-state index is 5.74. The number of halogens is 1. The number of nitrogens with zero attached hydrogens (tertiary/aromatic N) is 3. The molecule has 0 aliphatic rings. The van der Waals surface area contributed by atoms with Gasteiger partial charge in [0.2, 0.25) is 5.95 Å². The summed E-state index contributed by atoms with van der Waals surface area (Å²) in [5.41, 5.74) is 7.55. The van der Waals surface area contributed by atoms with Gasteiger partial charge in [0.05, 0.1) is 17.4 Å². The first-order chi connectivity index (χ1) is 8.15. The quantitative estimate of drug-likeness (QED) is 0.848. The zero-order valence-corrected chi connectivity index (χ0v) is 10.2. The molecule has 2 aromatic rings. The highest BCUT2D eigenvalue weighted by molar-refractivity contribution is 6.30. The van der Waals surface area contributed by atoms with Crippen molar-refractivity contribution in [3.8, 4) is 0 Å². The van der Waals surface area contributed by atoms with Gasteiger partial charge in [0.15, 0.2) is 0 Å². The molecule has 0 aliphatic heterocycles. The average molecular weight is 249 g/mol. The number of benzene rings is 1. The minimum absolute atomic E-state index is 0.537. The molecular formula is C12H13ClN4. The Kier molecular flexibility index (Phi) is 3.44. The Balaban J connectivity index is 2.08. The van der Waals surface area contributed by atoms with Crippen molar-refractivity contribution in [1.82, 2.24) is 9.97 Å². The lowest BCUT2D eigenvalue weighted by molar-refractivity contribution is 0.867. The Labute approximate surface area is 105 Å². The summed E-state index contributed by atoms with van der Waals surface area (Å²) in [6.07, 6.45) is 3.17. The summed E-state index contributed by atoms with van der Waals surface area (Å²) < 4.78 is 0. The summed E-state index contributed by atoms with van der Waals surface area (Å²) in [5, 5.41) is 0.537. The molecule has 0 spiro atoms. The van der Waals surface area contributed by atoms with E-state index in [0.29, 0.717) is 11.0 Å². The van der Waals surface area contributed by atoms with Gasteiger partial charge in [-0.25, -0.2) is 9.97 Å². The van der Waals surface area contributed by atoms with E-state index in [0.717, 1.165) is 17.8 Å². The Bertz CT molecular complexity index is 481. The number of nitrogens with two attached hydrogens (primary N) is 1. The lowest BCUT2D eigenvalue weighted by Gasteiger charge is -2.16. The largest absolute Gasteiger partial charge is 0.399 e.